The van der Waals surface area contributed by atoms with Gasteiger partial charge in [-0.25, -0.2) is 18.4 Å². The number of pyridine rings is 2. The molecule has 2 aliphatic carbocycles. The van der Waals surface area contributed by atoms with Gasteiger partial charge in [0, 0.05) is 129 Å². The summed E-state index contributed by atoms with van der Waals surface area (Å²) in [7, 11) is 6.00. The van der Waals surface area contributed by atoms with Crippen LogP contribution in [-0.4, -0.2) is 154 Å². The molecule has 4 N–H and O–H groups in total. The van der Waals surface area contributed by atoms with Gasteiger partial charge in [-0.15, -0.1) is 0 Å². The number of hydrogen-bond donors (Lipinski definition) is 4. The van der Waals surface area contributed by atoms with Crippen LogP contribution in [0.15, 0.2) is 94.5 Å². The van der Waals surface area contributed by atoms with E-state index < -0.39 is 40.4 Å². The van der Waals surface area contributed by atoms with Crippen LogP contribution in [0.3, 0.4) is 0 Å². The maximum Gasteiger partial charge on any atom is 0.341 e. The molecule has 0 radical (unpaired) electrons. The molecule has 23 nitrogen and oxygen atoms in total. The van der Waals surface area contributed by atoms with Gasteiger partial charge < -0.3 is 63.4 Å². The maximum atomic E-state index is 16.5. The molecule has 14 rings (SSSR count). The Morgan fingerprint density at radius 2 is 0.944 bits per heavy atom. The van der Waals surface area contributed by atoms with Crippen LogP contribution in [-0.2, 0) is 22.4 Å². The lowest BCUT2D eigenvalue weighted by Crippen LogP contribution is -2.54. The van der Waals surface area contributed by atoms with E-state index in [2.05, 4.69) is 5.32 Å². The van der Waals surface area contributed by atoms with Gasteiger partial charge in [0.25, 0.3) is 11.8 Å². The third-order valence-electron chi connectivity index (χ3n) is 20.9. The Morgan fingerprint density at radius 1 is 0.533 bits per heavy atom. The number of ether oxygens (including phenoxy) is 4. The number of anilines is 2. The zero-order valence-corrected chi connectivity index (χ0v) is 62.8. The van der Waals surface area contributed by atoms with Gasteiger partial charge in [0.15, 0.2) is 23.1 Å². The number of halogens is 4. The summed E-state index contributed by atoms with van der Waals surface area (Å²) in [6.07, 6.45) is 3.22. The van der Waals surface area contributed by atoms with Gasteiger partial charge >= 0.3 is 17.9 Å². The van der Waals surface area contributed by atoms with Crippen molar-refractivity contribution in [1.29, 1.82) is 0 Å². The second-order valence-corrected chi connectivity index (χ2v) is 28.5. The number of amides is 1. The Bertz CT molecular complexity index is 5470. The van der Waals surface area contributed by atoms with Crippen molar-refractivity contribution in [3.05, 3.63) is 194 Å². The number of aromatic carboxylic acids is 2. The fourth-order valence-corrected chi connectivity index (χ4v) is 15.7. The molecule has 107 heavy (non-hydrogen) atoms. The van der Waals surface area contributed by atoms with Gasteiger partial charge in [0.05, 0.1) is 74.1 Å². The number of aromatic nitrogens is 4. The molecule has 2 saturated carbocycles. The molecule has 2 unspecified atom stereocenters. The summed E-state index contributed by atoms with van der Waals surface area (Å²) in [5.74, 6) is -3.75. The Kier molecular flexibility index (Phi) is 21.5. The molecule has 10 aromatic rings. The molecule has 4 aromatic heterocycles. The number of aryl methyl sites for hydroxylation is 2. The van der Waals surface area contributed by atoms with Gasteiger partial charge in [0.1, 0.15) is 34.0 Å². The average molecular weight is 1500 g/mol. The van der Waals surface area contributed by atoms with E-state index in [1.807, 2.05) is 51.8 Å². The van der Waals surface area contributed by atoms with Crippen LogP contribution in [0.25, 0.3) is 43.6 Å². The number of carboxylic acid groups (broad SMARTS) is 3. The normalized spacial score (nSPS) is 15.8. The Hall–Kier alpha value is -10.8. The lowest BCUT2D eigenvalue weighted by Gasteiger charge is -2.42. The second kappa shape index (κ2) is 30.2. The average Bonchev–Trinajstić information content (AvgIpc) is 1.71. The van der Waals surface area contributed by atoms with E-state index in [1.165, 1.54) is 25.7 Å². The topological polar surface area (TPSA) is 276 Å². The summed E-state index contributed by atoms with van der Waals surface area (Å²) >= 11 is 12.0. The van der Waals surface area contributed by atoms with E-state index in [9.17, 15) is 53.7 Å². The number of nitrogens with zero attached hydrogens (tertiary/aromatic N) is 7. The number of carboxylic acids is 3. The number of fused-ring (bicyclic) bond motifs is 4. The summed E-state index contributed by atoms with van der Waals surface area (Å²) in [6.45, 7) is 16.6. The van der Waals surface area contributed by atoms with Crippen molar-refractivity contribution in [3.63, 3.8) is 0 Å². The molecule has 2 aliphatic heterocycles. The van der Waals surface area contributed by atoms with E-state index in [-0.39, 0.29) is 119 Å². The van der Waals surface area contributed by atoms with E-state index in [0.29, 0.717) is 125 Å². The van der Waals surface area contributed by atoms with Gasteiger partial charge in [-0.05, 0) is 177 Å². The van der Waals surface area contributed by atoms with Crippen LogP contribution in [0.2, 0.25) is 10.0 Å². The third-order valence-corrected chi connectivity index (χ3v) is 21.4. The highest BCUT2D eigenvalue weighted by Gasteiger charge is 2.40. The van der Waals surface area contributed by atoms with E-state index in [0.717, 1.165) is 31.1 Å². The van der Waals surface area contributed by atoms with Crippen molar-refractivity contribution < 1.29 is 71.8 Å². The number of methoxy groups -OCH3 is 4. The van der Waals surface area contributed by atoms with Crippen LogP contribution in [0.4, 0.5) is 20.2 Å². The van der Waals surface area contributed by atoms with Crippen molar-refractivity contribution in [2.45, 2.75) is 118 Å². The number of piperazine rings is 2. The number of hydrogen-bond acceptors (Lipinski definition) is 15. The Balaban J connectivity index is 0.000000166. The number of carbonyl (C=O) groups is 6. The van der Waals surface area contributed by atoms with Crippen molar-refractivity contribution in [3.8, 4) is 23.0 Å². The standard InChI is InChI=1S/C40H40ClFN4O7.C21H26FN3O4.C19H16ClNO4/c1-20-19-43(36-34(42)21(2)32-35(38(36)53-6)45(26-11-12-26)23(4)33(37(32)48)40(50)51)15-16-44(20)31(47)18-28-22(3)46(30-14-13-27(52-5)17-29(28)30)39(49)24-7-9-25(41)10-8-24;1-10-9-24(8-7-23-10)18-16(22)11(2)14-17(20(18)29-4)25(13-5-6-13)12(3)15(19(14)26)21(27)28;1-11-15(10-18(22)23)16-9-14(25-2)7-8-17(16)21(11)19(24)12-3-5-13(20)6-4-12/h7-10,13-14,17,20,26H,11-12,15-16,18-19H2,1-6H3,(H,50,51);10,13,23H,5-9H2,1-4H3,(H,27,28);3-9H,10H2,1-2H3,(H,22,23). The molecule has 4 fully saturated rings. The molecule has 4 aliphatic rings. The fraction of sp³-hybridized carbons (Fsp3) is 0.350. The van der Waals surface area contributed by atoms with Crippen molar-refractivity contribution in [1.82, 2.24) is 28.5 Å². The Morgan fingerprint density at radius 3 is 1.31 bits per heavy atom. The molecule has 2 atom stereocenters. The highest BCUT2D eigenvalue weighted by atomic mass is 35.5. The number of benzene rings is 6. The number of rotatable bonds is 16. The lowest BCUT2D eigenvalue weighted by molar-refractivity contribution is -0.136. The summed E-state index contributed by atoms with van der Waals surface area (Å²) in [5.41, 5.74) is 5.04. The summed E-state index contributed by atoms with van der Waals surface area (Å²) in [6, 6.07) is 23.8. The van der Waals surface area contributed by atoms with Crippen molar-refractivity contribution in [2.24, 2.45) is 0 Å². The zero-order valence-electron chi connectivity index (χ0n) is 61.3. The molecule has 27 heteroatoms. The fourth-order valence-electron chi connectivity index (χ4n) is 15.4. The zero-order chi connectivity index (χ0) is 77.2. The van der Waals surface area contributed by atoms with Gasteiger partial charge in [-0.2, -0.15) is 0 Å². The quantitative estimate of drug-likeness (QED) is 0.0699. The summed E-state index contributed by atoms with van der Waals surface area (Å²) in [5, 5.41) is 34.7. The predicted molar refractivity (Wildman–Crippen MR) is 406 cm³/mol. The molecule has 560 valence electrons. The van der Waals surface area contributed by atoms with Crippen molar-refractivity contribution >= 4 is 114 Å². The van der Waals surface area contributed by atoms with Crippen LogP contribution in [0.5, 0.6) is 23.0 Å². The SMILES string of the molecule is COc1c(N2CCNC(C)C2)c(F)c(C)c2c(=O)c(C(=O)O)c(C)n(C3CC3)c12.COc1ccc2c(c1)c(CC(=O)N1CCN(c3c(F)c(C)c4c(=O)c(C(=O)O)c(C)n(C5CC5)c4c3OC)CC1C)c(C)n2C(=O)c1ccc(Cl)cc1.COc1ccc2c(c1)c(CC(=O)O)c(C)n2C(=O)c1ccc(Cl)cc1. The first-order valence-electron chi connectivity index (χ1n) is 35.1. The predicted octanol–water partition coefficient (Wildman–Crippen LogP) is 13.2. The highest BCUT2D eigenvalue weighted by molar-refractivity contribution is 6.31. The minimum atomic E-state index is -1.35. The van der Waals surface area contributed by atoms with Gasteiger partial charge in [-0.3, -0.25) is 37.9 Å². The smallest absolute Gasteiger partial charge is 0.341 e. The molecule has 0 spiro atoms. The first kappa shape index (κ1) is 75.9. The van der Waals surface area contributed by atoms with E-state index in [1.54, 1.807) is 124 Å². The minimum absolute atomic E-state index is 0.000528. The van der Waals surface area contributed by atoms with Crippen molar-refractivity contribution in [2.75, 3.05) is 77.5 Å². The van der Waals surface area contributed by atoms with Crippen LogP contribution >= 0.6 is 23.2 Å². The first-order chi connectivity index (χ1) is 51.0. The molecule has 0 bridgehead atoms. The molecular formula is C80H82Cl2F2N8O15. The lowest BCUT2D eigenvalue weighted by atomic mass is 9.99. The maximum absolute atomic E-state index is 16.5. The van der Waals surface area contributed by atoms with Crippen LogP contribution in [0.1, 0.15) is 138 Å². The second-order valence-electron chi connectivity index (χ2n) is 27.6. The third kappa shape index (κ3) is 13.9. The number of carbonyl (C=O) groups excluding carboxylic acids is 3. The largest absolute Gasteiger partial charge is 0.497 e. The molecule has 6 aromatic carbocycles. The minimum Gasteiger partial charge on any atom is -0.497 e. The van der Waals surface area contributed by atoms with Gasteiger partial charge in [0.2, 0.25) is 16.8 Å². The number of nitrogens with one attached hydrogen (secondary N) is 1. The number of aliphatic carboxylic acids is 1. The molecule has 6 heterocycles. The molecule has 2 saturated heterocycles. The molecule has 1 amide bonds. The Labute approximate surface area is 623 Å². The van der Waals surface area contributed by atoms with Crippen LogP contribution in [0, 0.1) is 53.2 Å². The highest BCUT2D eigenvalue weighted by Crippen LogP contribution is 2.49. The first-order valence-corrected chi connectivity index (χ1v) is 35.8. The molecular weight excluding hydrogens is 1420 g/mol. The van der Waals surface area contributed by atoms with E-state index in [4.69, 9.17) is 42.1 Å². The van der Waals surface area contributed by atoms with Crippen LogP contribution < -0.4 is 44.9 Å². The van der Waals surface area contributed by atoms with E-state index >= 15 is 8.78 Å². The summed E-state index contributed by atoms with van der Waals surface area (Å²) < 4.78 is 61.3. The van der Waals surface area contributed by atoms with Gasteiger partial charge in [-0.1, -0.05) is 23.2 Å². The monoisotopic (exact) mass is 1500 g/mol. The summed E-state index contributed by atoms with van der Waals surface area (Å²) in [4.78, 5) is 108.